The monoisotopic (exact) mass is 412 g/mol. The molecule has 0 unspecified atom stereocenters. The zero-order chi connectivity index (χ0) is 19.9. The van der Waals surface area contributed by atoms with Crippen LogP contribution in [-0.4, -0.2) is 55.3 Å². The van der Waals surface area contributed by atoms with Crippen molar-refractivity contribution in [2.24, 2.45) is 0 Å². The third kappa shape index (κ3) is 7.58. The quantitative estimate of drug-likeness (QED) is 0.594. The van der Waals surface area contributed by atoms with Crippen LogP contribution in [0.2, 0.25) is 0 Å². The number of nitrogens with one attached hydrogen (secondary N) is 3. The highest BCUT2D eigenvalue weighted by molar-refractivity contribution is 7.92. The van der Waals surface area contributed by atoms with Gasteiger partial charge >= 0.3 is 6.03 Å². The molecule has 1 aromatic heterocycles. The number of hydrogen-bond donors (Lipinski definition) is 3. The molecule has 12 heteroatoms. The second-order valence-electron chi connectivity index (χ2n) is 5.66. The lowest BCUT2D eigenvalue weighted by Gasteiger charge is -2.17. The summed E-state index contributed by atoms with van der Waals surface area (Å²) < 4.78 is 24.4. The van der Waals surface area contributed by atoms with E-state index in [2.05, 4.69) is 25.6 Å². The first-order valence-corrected chi connectivity index (χ1v) is 10.6. The minimum atomic E-state index is -3.45. The van der Waals surface area contributed by atoms with Gasteiger partial charge < -0.3 is 15.5 Å². The van der Waals surface area contributed by atoms with Gasteiger partial charge in [0.1, 0.15) is 0 Å². The van der Waals surface area contributed by atoms with Crippen molar-refractivity contribution in [2.45, 2.75) is 13.0 Å². The molecule has 10 nitrogen and oxygen atoms in total. The van der Waals surface area contributed by atoms with Crippen LogP contribution in [0.3, 0.4) is 0 Å². The summed E-state index contributed by atoms with van der Waals surface area (Å²) in [5.41, 5.74) is 1.00. The molecule has 0 fully saturated rings. The predicted octanol–water partition coefficient (Wildman–Crippen LogP) is 1.08. The van der Waals surface area contributed by atoms with Gasteiger partial charge in [-0.25, -0.2) is 13.2 Å². The van der Waals surface area contributed by atoms with E-state index in [1.54, 1.807) is 7.05 Å². The Morgan fingerprint density at radius 1 is 1.15 bits per heavy atom. The van der Waals surface area contributed by atoms with Crippen molar-refractivity contribution < 1.29 is 18.0 Å². The fraction of sp³-hybridized carbons (Fsp3) is 0.333. The molecule has 0 aliphatic rings. The van der Waals surface area contributed by atoms with Gasteiger partial charge in [-0.1, -0.05) is 41.7 Å². The lowest BCUT2D eigenvalue weighted by atomic mass is 10.2. The van der Waals surface area contributed by atoms with E-state index in [4.69, 9.17) is 0 Å². The molecule has 0 spiro atoms. The highest BCUT2D eigenvalue weighted by Crippen LogP contribution is 2.20. The fourth-order valence-corrected chi connectivity index (χ4v) is 3.49. The van der Waals surface area contributed by atoms with Crippen LogP contribution in [-0.2, 0) is 21.4 Å². The lowest BCUT2D eigenvalue weighted by molar-refractivity contribution is -0.116. The third-order valence-corrected chi connectivity index (χ3v) is 4.63. The molecule has 0 saturated carbocycles. The maximum absolute atomic E-state index is 12.0. The molecule has 27 heavy (non-hydrogen) atoms. The summed E-state index contributed by atoms with van der Waals surface area (Å²) in [5.74, 6) is -0.372. The number of carbonyl (C=O) groups excluding carboxylic acids is 2. The minimum absolute atomic E-state index is 0.0410. The number of amides is 3. The van der Waals surface area contributed by atoms with E-state index in [1.165, 1.54) is 4.90 Å². The Labute approximate surface area is 161 Å². The zero-order valence-electron chi connectivity index (χ0n) is 14.8. The van der Waals surface area contributed by atoms with Crippen LogP contribution < -0.4 is 15.4 Å². The Morgan fingerprint density at radius 2 is 1.81 bits per heavy atom. The minimum Gasteiger partial charge on any atom is -0.337 e. The van der Waals surface area contributed by atoms with Gasteiger partial charge in [0.25, 0.3) is 0 Å². The van der Waals surface area contributed by atoms with Crippen molar-refractivity contribution in [3.05, 3.63) is 35.9 Å². The SMILES string of the molecule is CN(Cc1ccccc1)C(=O)NCCC(=O)Nc1nnc(NS(C)(=O)=O)s1. The van der Waals surface area contributed by atoms with Crippen LogP contribution in [0.1, 0.15) is 12.0 Å². The number of rotatable bonds is 8. The summed E-state index contributed by atoms with van der Waals surface area (Å²) >= 11 is 0.894. The van der Waals surface area contributed by atoms with E-state index in [-0.39, 0.29) is 35.2 Å². The van der Waals surface area contributed by atoms with Crippen LogP contribution in [0.4, 0.5) is 15.1 Å². The summed E-state index contributed by atoms with van der Waals surface area (Å²) in [4.78, 5) is 25.4. The van der Waals surface area contributed by atoms with E-state index < -0.39 is 10.0 Å². The molecule has 0 radical (unpaired) electrons. The average Bonchev–Trinajstić information content (AvgIpc) is 3.00. The largest absolute Gasteiger partial charge is 0.337 e. The molecule has 146 valence electrons. The molecule has 0 bridgehead atoms. The Kier molecular flexibility index (Phi) is 7.07. The first-order valence-electron chi connectivity index (χ1n) is 7.87. The molecule has 3 N–H and O–H groups in total. The van der Waals surface area contributed by atoms with E-state index in [1.807, 2.05) is 30.3 Å². The van der Waals surface area contributed by atoms with Gasteiger partial charge in [-0.3, -0.25) is 9.52 Å². The zero-order valence-corrected chi connectivity index (χ0v) is 16.4. The number of benzene rings is 1. The van der Waals surface area contributed by atoms with Gasteiger partial charge in [-0.2, -0.15) is 0 Å². The third-order valence-electron chi connectivity index (χ3n) is 3.18. The normalized spacial score (nSPS) is 10.9. The number of hydrogen-bond acceptors (Lipinski definition) is 7. The summed E-state index contributed by atoms with van der Waals surface area (Å²) in [6.45, 7) is 0.608. The topological polar surface area (TPSA) is 133 Å². The van der Waals surface area contributed by atoms with Crippen LogP contribution >= 0.6 is 11.3 Å². The fourth-order valence-electron chi connectivity index (χ4n) is 2.00. The molecule has 1 aromatic carbocycles. The van der Waals surface area contributed by atoms with Crippen LogP contribution in [0.15, 0.2) is 30.3 Å². The molecule has 3 amide bonds. The second-order valence-corrected chi connectivity index (χ2v) is 8.38. The number of carbonyl (C=O) groups is 2. The molecule has 1 heterocycles. The van der Waals surface area contributed by atoms with Crippen LogP contribution in [0.25, 0.3) is 0 Å². The van der Waals surface area contributed by atoms with Crippen molar-refractivity contribution >= 4 is 43.6 Å². The number of aromatic nitrogens is 2. The maximum Gasteiger partial charge on any atom is 0.317 e. The van der Waals surface area contributed by atoms with Crippen molar-refractivity contribution in [3.8, 4) is 0 Å². The van der Waals surface area contributed by atoms with Crippen molar-refractivity contribution in [1.29, 1.82) is 0 Å². The second kappa shape index (κ2) is 9.28. The first-order chi connectivity index (χ1) is 12.7. The van der Waals surface area contributed by atoms with Crippen molar-refractivity contribution in [2.75, 3.05) is 29.9 Å². The van der Waals surface area contributed by atoms with Gasteiger partial charge in [0, 0.05) is 26.6 Å². The highest BCUT2D eigenvalue weighted by atomic mass is 32.2. The van der Waals surface area contributed by atoms with Crippen molar-refractivity contribution in [1.82, 2.24) is 20.4 Å². The summed E-state index contributed by atoms with van der Waals surface area (Å²) in [5, 5.41) is 12.7. The number of urea groups is 1. The first kappa shape index (κ1) is 20.6. The van der Waals surface area contributed by atoms with E-state index >= 15 is 0 Å². The Morgan fingerprint density at radius 3 is 2.48 bits per heavy atom. The summed E-state index contributed by atoms with van der Waals surface area (Å²) in [6, 6.07) is 9.26. The van der Waals surface area contributed by atoms with E-state index in [9.17, 15) is 18.0 Å². The molecule has 0 atom stereocenters. The molecular formula is C15H20N6O4S2. The van der Waals surface area contributed by atoms with E-state index in [0.29, 0.717) is 6.54 Å². The smallest absolute Gasteiger partial charge is 0.317 e. The van der Waals surface area contributed by atoms with Gasteiger partial charge in [0.05, 0.1) is 6.26 Å². The summed E-state index contributed by atoms with van der Waals surface area (Å²) in [7, 11) is -1.79. The standard InChI is InChI=1S/C15H20N6O4S2/c1-21(10-11-6-4-3-5-7-11)15(23)16-9-8-12(22)17-13-18-19-14(26-13)20-27(2,24)25/h3-7H,8-10H2,1-2H3,(H,16,23)(H,19,20)(H,17,18,22). The van der Waals surface area contributed by atoms with Gasteiger partial charge in [0.2, 0.25) is 26.2 Å². The van der Waals surface area contributed by atoms with Crippen LogP contribution in [0.5, 0.6) is 0 Å². The maximum atomic E-state index is 12.0. The molecular weight excluding hydrogens is 392 g/mol. The molecule has 2 aromatic rings. The highest BCUT2D eigenvalue weighted by Gasteiger charge is 2.12. The predicted molar refractivity (Wildman–Crippen MR) is 103 cm³/mol. The van der Waals surface area contributed by atoms with Gasteiger partial charge in [0.15, 0.2) is 0 Å². The number of nitrogens with zero attached hydrogens (tertiary/aromatic N) is 3. The van der Waals surface area contributed by atoms with Gasteiger partial charge in [-0.15, -0.1) is 10.2 Å². The summed E-state index contributed by atoms with van der Waals surface area (Å²) in [6.07, 6.45) is 1.03. The molecule has 2 rings (SSSR count). The Balaban J connectivity index is 1.71. The van der Waals surface area contributed by atoms with Crippen molar-refractivity contribution in [3.63, 3.8) is 0 Å². The van der Waals surface area contributed by atoms with Gasteiger partial charge in [-0.05, 0) is 5.56 Å². The Bertz CT molecular complexity index is 885. The molecule has 0 saturated heterocycles. The van der Waals surface area contributed by atoms with E-state index in [0.717, 1.165) is 23.2 Å². The number of anilines is 2. The lowest BCUT2D eigenvalue weighted by Crippen LogP contribution is -2.38. The molecule has 0 aliphatic heterocycles. The average molecular weight is 412 g/mol. The molecule has 0 aliphatic carbocycles. The number of sulfonamides is 1. The van der Waals surface area contributed by atoms with Crippen LogP contribution in [0, 0.1) is 0 Å². The Hall–Kier alpha value is -2.73.